The second kappa shape index (κ2) is 8.98. The Morgan fingerprint density at radius 1 is 1.25 bits per heavy atom. The third kappa shape index (κ3) is 5.64. The largest absolute Gasteiger partial charge is 0.378 e. The minimum absolute atomic E-state index is 0.0848. The van der Waals surface area contributed by atoms with E-state index >= 15 is 0 Å². The number of amides is 1. The molecule has 0 unspecified atom stereocenters. The number of hydrogen-bond acceptors (Lipinski definition) is 6. The summed E-state index contributed by atoms with van der Waals surface area (Å²) < 4.78 is 36.7. The Morgan fingerprint density at radius 2 is 1.96 bits per heavy atom. The van der Waals surface area contributed by atoms with Crippen LogP contribution in [0.4, 0.5) is 15.8 Å². The molecule has 0 aliphatic heterocycles. The van der Waals surface area contributed by atoms with Gasteiger partial charge in [0.1, 0.15) is 11.5 Å². The minimum atomic E-state index is -3.58. The number of nitro groups is 1. The molecule has 2 rings (SSSR count). The third-order valence-corrected chi connectivity index (χ3v) is 5.22. The topological polar surface area (TPSA) is 118 Å². The normalized spacial score (nSPS) is 11.1. The van der Waals surface area contributed by atoms with E-state index in [1.165, 1.54) is 30.3 Å². The molecule has 2 aromatic rings. The van der Waals surface area contributed by atoms with Crippen molar-refractivity contribution in [3.63, 3.8) is 0 Å². The average molecular weight is 430 g/mol. The van der Waals surface area contributed by atoms with Crippen molar-refractivity contribution < 1.29 is 22.5 Å². The van der Waals surface area contributed by atoms with Crippen molar-refractivity contribution >= 4 is 38.7 Å². The summed E-state index contributed by atoms with van der Waals surface area (Å²) >= 11 is 5.87. The van der Waals surface area contributed by atoms with Crippen molar-refractivity contribution in [3.05, 3.63) is 62.9 Å². The van der Waals surface area contributed by atoms with Gasteiger partial charge in [0.15, 0.2) is 9.84 Å². The summed E-state index contributed by atoms with van der Waals surface area (Å²) in [6.07, 6.45) is 0.714. The summed E-state index contributed by atoms with van der Waals surface area (Å²) in [5.41, 5.74) is -0.196. The highest BCUT2D eigenvalue weighted by Gasteiger charge is 2.18. The molecule has 0 radical (unpaired) electrons. The van der Waals surface area contributed by atoms with Crippen LogP contribution in [0.3, 0.4) is 0 Å². The Hall–Kier alpha value is -2.72. The molecule has 0 heterocycles. The van der Waals surface area contributed by atoms with E-state index in [4.69, 9.17) is 11.6 Å². The molecule has 0 atom stereocenters. The zero-order valence-electron chi connectivity index (χ0n) is 14.7. The van der Waals surface area contributed by atoms with Gasteiger partial charge in [-0.2, -0.15) is 0 Å². The van der Waals surface area contributed by atoms with Gasteiger partial charge in [0, 0.05) is 36.0 Å². The lowest BCUT2D eigenvalue weighted by Crippen LogP contribution is -2.30. The van der Waals surface area contributed by atoms with Crippen molar-refractivity contribution in [3.8, 4) is 0 Å². The predicted octanol–water partition coefficient (Wildman–Crippen LogP) is 2.56. The van der Waals surface area contributed by atoms with Gasteiger partial charge in [-0.3, -0.25) is 14.9 Å². The van der Waals surface area contributed by atoms with Crippen molar-refractivity contribution in [1.29, 1.82) is 0 Å². The second-order valence-electron chi connectivity index (χ2n) is 5.86. The highest BCUT2D eigenvalue weighted by Crippen LogP contribution is 2.27. The fraction of sp³-hybridized carbons (Fsp3) is 0.235. The van der Waals surface area contributed by atoms with Gasteiger partial charge in [-0.15, -0.1) is 0 Å². The van der Waals surface area contributed by atoms with Crippen LogP contribution in [0.1, 0.15) is 5.56 Å². The number of anilines is 1. The molecule has 0 aromatic heterocycles. The molecule has 0 saturated heterocycles. The van der Waals surface area contributed by atoms with E-state index in [1.54, 1.807) is 0 Å². The van der Waals surface area contributed by atoms with E-state index in [-0.39, 0.29) is 40.7 Å². The van der Waals surface area contributed by atoms with E-state index in [9.17, 15) is 27.7 Å². The number of benzene rings is 2. The third-order valence-electron chi connectivity index (χ3n) is 3.76. The van der Waals surface area contributed by atoms with Gasteiger partial charge in [-0.05, 0) is 24.3 Å². The first-order valence-electron chi connectivity index (χ1n) is 8.01. The van der Waals surface area contributed by atoms with E-state index in [1.807, 2.05) is 0 Å². The predicted molar refractivity (Wildman–Crippen MR) is 103 cm³/mol. The monoisotopic (exact) mass is 429 g/mol. The summed E-state index contributed by atoms with van der Waals surface area (Å²) in [6.45, 7) is 0.242. The molecule has 1 amide bonds. The van der Waals surface area contributed by atoms with Gasteiger partial charge in [0.05, 0.1) is 16.2 Å². The Labute approximate surface area is 165 Å². The van der Waals surface area contributed by atoms with E-state index in [2.05, 4.69) is 10.6 Å². The SMILES string of the molecule is CS(=O)(=O)c1ccc(NCCNC(=O)Cc2c(F)cccc2Cl)c([N+](=O)[O-])c1. The first-order valence-corrected chi connectivity index (χ1v) is 10.3. The van der Waals surface area contributed by atoms with Crippen LogP contribution >= 0.6 is 11.6 Å². The Balaban J connectivity index is 1.94. The molecule has 8 nitrogen and oxygen atoms in total. The van der Waals surface area contributed by atoms with Crippen LogP contribution in [-0.4, -0.2) is 38.6 Å². The van der Waals surface area contributed by atoms with E-state index < -0.39 is 32.2 Å². The highest BCUT2D eigenvalue weighted by atomic mass is 35.5. The lowest BCUT2D eigenvalue weighted by Gasteiger charge is -2.10. The summed E-state index contributed by atoms with van der Waals surface area (Å²) in [4.78, 5) is 22.2. The first kappa shape index (κ1) is 21.6. The van der Waals surface area contributed by atoms with Crippen LogP contribution in [0.25, 0.3) is 0 Å². The maximum Gasteiger partial charge on any atom is 0.293 e. The maximum atomic E-state index is 13.7. The molecule has 28 heavy (non-hydrogen) atoms. The van der Waals surface area contributed by atoms with Crippen molar-refractivity contribution in [2.24, 2.45) is 0 Å². The summed E-state index contributed by atoms with van der Waals surface area (Å²) in [5, 5.41) is 16.6. The van der Waals surface area contributed by atoms with E-state index in [0.29, 0.717) is 0 Å². The van der Waals surface area contributed by atoms with E-state index in [0.717, 1.165) is 12.3 Å². The van der Waals surface area contributed by atoms with Gasteiger partial charge >= 0.3 is 0 Å². The molecule has 0 bridgehead atoms. The molecular weight excluding hydrogens is 413 g/mol. The molecule has 0 fully saturated rings. The number of nitrogens with one attached hydrogen (secondary N) is 2. The van der Waals surface area contributed by atoms with Crippen LogP contribution in [0.15, 0.2) is 41.3 Å². The highest BCUT2D eigenvalue weighted by molar-refractivity contribution is 7.90. The maximum absolute atomic E-state index is 13.7. The fourth-order valence-corrected chi connectivity index (χ4v) is 3.24. The Morgan fingerprint density at radius 3 is 2.57 bits per heavy atom. The van der Waals surface area contributed by atoms with Gasteiger partial charge in [-0.1, -0.05) is 17.7 Å². The first-order chi connectivity index (χ1) is 13.1. The molecule has 0 aliphatic carbocycles. The Bertz CT molecular complexity index is 994. The van der Waals surface area contributed by atoms with Gasteiger partial charge in [-0.25, -0.2) is 12.8 Å². The van der Waals surface area contributed by atoms with Crippen molar-refractivity contribution in [2.45, 2.75) is 11.3 Å². The standard InChI is InChI=1S/C17H17ClFN3O5S/c1-28(26,27)11-5-6-15(16(9-11)22(24)25)20-7-8-21-17(23)10-12-13(18)3-2-4-14(12)19/h2-6,9,20H,7-8,10H2,1H3,(H,21,23). The summed E-state index contributed by atoms with van der Waals surface area (Å²) in [5.74, 6) is -1.04. The van der Waals surface area contributed by atoms with Crippen LogP contribution in [-0.2, 0) is 21.1 Å². The quantitative estimate of drug-likeness (QED) is 0.378. The second-order valence-corrected chi connectivity index (χ2v) is 8.28. The summed E-state index contributed by atoms with van der Waals surface area (Å²) in [7, 11) is -3.58. The number of hydrogen-bond donors (Lipinski definition) is 2. The number of nitrogens with zero attached hydrogens (tertiary/aromatic N) is 1. The number of sulfone groups is 1. The number of carbonyl (C=O) groups is 1. The number of rotatable bonds is 8. The lowest BCUT2D eigenvalue weighted by atomic mass is 10.1. The Kier molecular flexibility index (Phi) is 6.92. The molecule has 11 heteroatoms. The van der Waals surface area contributed by atoms with Gasteiger partial charge in [0.25, 0.3) is 5.69 Å². The van der Waals surface area contributed by atoms with Crippen molar-refractivity contribution in [2.75, 3.05) is 24.7 Å². The number of nitro benzene ring substituents is 1. The number of carbonyl (C=O) groups excluding carboxylic acids is 1. The van der Waals surface area contributed by atoms with Gasteiger partial charge in [0.2, 0.25) is 5.91 Å². The molecular formula is C17H17ClFN3O5S. The molecule has 0 spiro atoms. The van der Waals surface area contributed by atoms with Crippen molar-refractivity contribution in [1.82, 2.24) is 5.32 Å². The molecule has 2 N–H and O–H groups in total. The summed E-state index contributed by atoms with van der Waals surface area (Å²) in [6, 6.07) is 7.63. The fourth-order valence-electron chi connectivity index (χ4n) is 2.37. The zero-order valence-corrected chi connectivity index (χ0v) is 16.3. The molecule has 0 saturated carbocycles. The van der Waals surface area contributed by atoms with Crippen LogP contribution in [0.2, 0.25) is 5.02 Å². The van der Waals surface area contributed by atoms with Crippen LogP contribution in [0.5, 0.6) is 0 Å². The number of halogens is 2. The molecule has 150 valence electrons. The minimum Gasteiger partial charge on any atom is -0.378 e. The average Bonchev–Trinajstić information content (AvgIpc) is 2.61. The van der Waals surface area contributed by atoms with Crippen LogP contribution in [0, 0.1) is 15.9 Å². The van der Waals surface area contributed by atoms with Crippen LogP contribution < -0.4 is 10.6 Å². The van der Waals surface area contributed by atoms with Gasteiger partial charge < -0.3 is 10.6 Å². The molecule has 2 aromatic carbocycles. The zero-order chi connectivity index (χ0) is 20.9. The molecule has 0 aliphatic rings. The lowest BCUT2D eigenvalue weighted by molar-refractivity contribution is -0.384. The smallest absolute Gasteiger partial charge is 0.293 e.